The Labute approximate surface area is 104 Å². The quantitative estimate of drug-likeness (QED) is 0.720. The highest BCUT2D eigenvalue weighted by Crippen LogP contribution is 2.23. The molecule has 0 bridgehead atoms. The molecule has 1 aromatic heterocycles. The fourth-order valence-corrected chi connectivity index (χ4v) is 1.90. The number of fused-ring (bicyclic) bond motifs is 1. The molecule has 1 amide bonds. The predicted molar refractivity (Wildman–Crippen MR) is 70.5 cm³/mol. The molecule has 0 spiro atoms. The number of benzene rings is 2. The van der Waals surface area contributed by atoms with E-state index in [-0.39, 0.29) is 5.91 Å². The maximum atomic E-state index is 11.9. The van der Waals surface area contributed by atoms with Gasteiger partial charge >= 0.3 is 0 Å². The van der Waals surface area contributed by atoms with Crippen molar-refractivity contribution in [2.24, 2.45) is 0 Å². The Kier molecular flexibility index (Phi) is 2.53. The number of carbonyl (C=O) groups excluding carboxylic acids is 1. The minimum absolute atomic E-state index is 0.191. The second-order valence-corrected chi connectivity index (χ2v) is 3.95. The van der Waals surface area contributed by atoms with Crippen LogP contribution in [0.2, 0.25) is 0 Å². The average Bonchev–Trinajstić information content (AvgIpc) is 2.93. The Balaban J connectivity index is 1.98. The van der Waals surface area contributed by atoms with Gasteiger partial charge in [0.15, 0.2) is 0 Å². The van der Waals surface area contributed by atoms with Crippen molar-refractivity contribution in [2.45, 2.75) is 0 Å². The number of amides is 1. The molecular weight excluding hydrogens is 226 g/mol. The van der Waals surface area contributed by atoms with Crippen molar-refractivity contribution < 1.29 is 4.79 Å². The average molecular weight is 237 g/mol. The van der Waals surface area contributed by atoms with E-state index in [2.05, 4.69) is 15.3 Å². The molecule has 0 aliphatic heterocycles. The molecule has 3 aromatic rings. The Morgan fingerprint density at radius 3 is 2.78 bits per heavy atom. The van der Waals surface area contributed by atoms with Gasteiger partial charge in [0.25, 0.3) is 5.91 Å². The van der Waals surface area contributed by atoms with Crippen LogP contribution in [0.3, 0.4) is 0 Å². The topological polar surface area (TPSA) is 57.8 Å². The molecule has 0 aliphatic rings. The van der Waals surface area contributed by atoms with Crippen LogP contribution in [0.5, 0.6) is 0 Å². The zero-order chi connectivity index (χ0) is 12.4. The Morgan fingerprint density at radius 1 is 1.11 bits per heavy atom. The van der Waals surface area contributed by atoms with E-state index in [1.165, 1.54) is 12.5 Å². The van der Waals surface area contributed by atoms with E-state index >= 15 is 0 Å². The van der Waals surface area contributed by atoms with Crippen molar-refractivity contribution in [3.8, 4) is 0 Å². The summed E-state index contributed by atoms with van der Waals surface area (Å²) in [5.41, 5.74) is 1.25. The summed E-state index contributed by atoms with van der Waals surface area (Å²) in [6, 6.07) is 13.7. The van der Waals surface area contributed by atoms with Gasteiger partial charge in [0.1, 0.15) is 5.69 Å². The molecule has 0 fully saturated rings. The number of rotatable bonds is 2. The lowest BCUT2D eigenvalue weighted by Crippen LogP contribution is -2.12. The second kappa shape index (κ2) is 4.33. The van der Waals surface area contributed by atoms with Crippen LogP contribution in [0, 0.1) is 0 Å². The van der Waals surface area contributed by atoms with E-state index in [0.717, 1.165) is 16.5 Å². The number of hydrogen-bond donors (Lipinski definition) is 2. The summed E-state index contributed by atoms with van der Waals surface area (Å²) in [4.78, 5) is 18.5. The summed E-state index contributed by atoms with van der Waals surface area (Å²) in [7, 11) is 0. The zero-order valence-corrected chi connectivity index (χ0v) is 9.55. The Bertz CT molecular complexity index is 684. The van der Waals surface area contributed by atoms with Gasteiger partial charge in [-0.25, -0.2) is 4.98 Å². The van der Waals surface area contributed by atoms with Crippen LogP contribution in [-0.4, -0.2) is 15.9 Å². The molecule has 4 heteroatoms. The van der Waals surface area contributed by atoms with Gasteiger partial charge in [-0.05, 0) is 11.5 Å². The van der Waals surface area contributed by atoms with Gasteiger partial charge in [0, 0.05) is 11.1 Å². The number of nitrogens with zero attached hydrogens (tertiary/aromatic N) is 1. The van der Waals surface area contributed by atoms with Gasteiger partial charge in [-0.3, -0.25) is 4.79 Å². The van der Waals surface area contributed by atoms with Crippen LogP contribution < -0.4 is 5.32 Å². The number of H-pyrrole nitrogens is 1. The van der Waals surface area contributed by atoms with Crippen molar-refractivity contribution >= 4 is 22.4 Å². The van der Waals surface area contributed by atoms with Crippen molar-refractivity contribution in [1.82, 2.24) is 9.97 Å². The molecule has 0 saturated heterocycles. The Morgan fingerprint density at radius 2 is 1.94 bits per heavy atom. The highest BCUT2D eigenvalue weighted by molar-refractivity contribution is 6.08. The molecule has 4 nitrogen and oxygen atoms in total. The van der Waals surface area contributed by atoms with Crippen molar-refractivity contribution in [3.05, 3.63) is 60.7 Å². The van der Waals surface area contributed by atoms with Gasteiger partial charge < -0.3 is 10.3 Å². The largest absolute Gasteiger partial charge is 0.341 e. The standard InChI is InChI=1S/C14H11N3O/c18-14(13-8-15-9-16-13)17-12-7-3-5-10-4-1-2-6-11(10)12/h1-9H,(H,15,16)(H,17,18). The summed E-state index contributed by atoms with van der Waals surface area (Å²) in [5.74, 6) is -0.191. The number of aromatic amines is 1. The van der Waals surface area contributed by atoms with E-state index in [0.29, 0.717) is 5.69 Å². The summed E-state index contributed by atoms with van der Waals surface area (Å²) in [6.45, 7) is 0. The number of nitrogens with one attached hydrogen (secondary N) is 2. The minimum atomic E-state index is -0.191. The van der Waals surface area contributed by atoms with Crippen LogP contribution in [-0.2, 0) is 0 Å². The maximum absolute atomic E-state index is 11.9. The molecule has 0 saturated carbocycles. The number of hydrogen-bond acceptors (Lipinski definition) is 2. The molecule has 3 rings (SSSR count). The molecule has 1 heterocycles. The fourth-order valence-electron chi connectivity index (χ4n) is 1.90. The predicted octanol–water partition coefficient (Wildman–Crippen LogP) is 2.82. The normalized spacial score (nSPS) is 10.4. The monoisotopic (exact) mass is 237 g/mol. The summed E-state index contributed by atoms with van der Waals surface area (Å²) < 4.78 is 0. The van der Waals surface area contributed by atoms with Gasteiger partial charge in [-0.1, -0.05) is 36.4 Å². The summed E-state index contributed by atoms with van der Waals surface area (Å²) >= 11 is 0. The van der Waals surface area contributed by atoms with E-state index in [1.807, 2.05) is 42.5 Å². The van der Waals surface area contributed by atoms with Gasteiger partial charge in [-0.2, -0.15) is 0 Å². The number of imidazole rings is 1. The van der Waals surface area contributed by atoms with Crippen molar-refractivity contribution in [2.75, 3.05) is 5.32 Å². The molecule has 0 unspecified atom stereocenters. The first-order valence-corrected chi connectivity index (χ1v) is 5.62. The van der Waals surface area contributed by atoms with E-state index in [1.54, 1.807) is 0 Å². The molecule has 2 N–H and O–H groups in total. The Hall–Kier alpha value is -2.62. The lowest BCUT2D eigenvalue weighted by atomic mass is 10.1. The second-order valence-electron chi connectivity index (χ2n) is 3.95. The first-order valence-electron chi connectivity index (χ1n) is 5.62. The molecular formula is C14H11N3O. The van der Waals surface area contributed by atoms with Crippen molar-refractivity contribution in [3.63, 3.8) is 0 Å². The summed E-state index contributed by atoms with van der Waals surface area (Å²) in [5, 5.41) is 5.00. The van der Waals surface area contributed by atoms with Gasteiger partial charge in [-0.15, -0.1) is 0 Å². The highest BCUT2D eigenvalue weighted by atomic mass is 16.1. The van der Waals surface area contributed by atoms with Crippen LogP contribution in [0.15, 0.2) is 55.0 Å². The van der Waals surface area contributed by atoms with Crippen LogP contribution in [0.4, 0.5) is 5.69 Å². The fraction of sp³-hybridized carbons (Fsp3) is 0. The maximum Gasteiger partial charge on any atom is 0.273 e. The van der Waals surface area contributed by atoms with E-state index in [4.69, 9.17) is 0 Å². The number of carbonyl (C=O) groups is 1. The molecule has 0 atom stereocenters. The third-order valence-electron chi connectivity index (χ3n) is 2.78. The molecule has 0 aliphatic carbocycles. The first-order chi connectivity index (χ1) is 8.84. The highest BCUT2D eigenvalue weighted by Gasteiger charge is 2.08. The van der Waals surface area contributed by atoms with Crippen LogP contribution in [0.25, 0.3) is 10.8 Å². The van der Waals surface area contributed by atoms with Crippen molar-refractivity contribution in [1.29, 1.82) is 0 Å². The smallest absolute Gasteiger partial charge is 0.273 e. The SMILES string of the molecule is O=C(Nc1cccc2ccccc12)c1cnc[nH]1. The lowest BCUT2D eigenvalue weighted by Gasteiger charge is -2.07. The van der Waals surface area contributed by atoms with E-state index in [9.17, 15) is 4.79 Å². The number of anilines is 1. The summed E-state index contributed by atoms with van der Waals surface area (Å²) in [6.07, 6.45) is 2.98. The zero-order valence-electron chi connectivity index (χ0n) is 9.55. The van der Waals surface area contributed by atoms with E-state index < -0.39 is 0 Å². The molecule has 2 aromatic carbocycles. The lowest BCUT2D eigenvalue weighted by molar-refractivity contribution is 0.102. The molecule has 0 radical (unpaired) electrons. The number of aromatic nitrogens is 2. The third kappa shape index (κ3) is 1.84. The van der Waals surface area contributed by atoms with Gasteiger partial charge in [0.2, 0.25) is 0 Å². The van der Waals surface area contributed by atoms with Crippen LogP contribution in [0.1, 0.15) is 10.5 Å². The molecule has 88 valence electrons. The minimum Gasteiger partial charge on any atom is -0.341 e. The van der Waals surface area contributed by atoms with Gasteiger partial charge in [0.05, 0.1) is 12.5 Å². The third-order valence-corrected chi connectivity index (χ3v) is 2.78. The molecule has 18 heavy (non-hydrogen) atoms. The van der Waals surface area contributed by atoms with Crippen LogP contribution >= 0.6 is 0 Å². The first kappa shape index (κ1) is 10.5.